The van der Waals surface area contributed by atoms with E-state index in [1.165, 1.54) is 12.1 Å². The minimum Gasteiger partial charge on any atom is -0.392 e. The molecular weight excluding hydrogens is 356 g/mol. The Hall–Kier alpha value is -1.44. The highest BCUT2D eigenvalue weighted by Crippen LogP contribution is 2.21. The van der Waals surface area contributed by atoms with Gasteiger partial charge in [0.2, 0.25) is 0 Å². The summed E-state index contributed by atoms with van der Waals surface area (Å²) in [6, 6.07) is 7.94. The lowest BCUT2D eigenvalue weighted by Crippen LogP contribution is -2.14. The molecule has 21 heavy (non-hydrogen) atoms. The summed E-state index contributed by atoms with van der Waals surface area (Å²) < 4.78 is 27.9. The zero-order valence-corrected chi connectivity index (χ0v) is 14.0. The predicted molar refractivity (Wildman–Crippen MR) is 84.6 cm³/mol. The van der Waals surface area contributed by atoms with Crippen LogP contribution in [0.4, 0.5) is 5.82 Å². The minimum atomic E-state index is -3.73. The predicted octanol–water partition coefficient (Wildman–Crippen LogP) is 2.75. The van der Waals surface area contributed by atoms with Crippen LogP contribution in [0, 0.1) is 13.8 Å². The number of aliphatic hydroxyl groups excluding tert-OH is 1. The van der Waals surface area contributed by atoms with E-state index in [1.807, 2.05) is 6.92 Å². The Kier molecular flexibility index (Phi) is 4.65. The molecule has 1 heterocycles. The monoisotopic (exact) mass is 370 g/mol. The van der Waals surface area contributed by atoms with E-state index in [9.17, 15) is 13.5 Å². The van der Waals surface area contributed by atoms with Gasteiger partial charge in [0.25, 0.3) is 10.0 Å². The molecule has 0 bridgehead atoms. The number of aromatic nitrogens is 1. The minimum absolute atomic E-state index is 0.0968. The molecule has 7 heteroatoms. The lowest BCUT2D eigenvalue weighted by molar-refractivity contribution is 0.281. The van der Waals surface area contributed by atoms with Crippen LogP contribution in [0.25, 0.3) is 0 Å². The van der Waals surface area contributed by atoms with Crippen molar-refractivity contribution in [2.45, 2.75) is 25.3 Å². The molecule has 0 unspecified atom stereocenters. The van der Waals surface area contributed by atoms with Gasteiger partial charge in [-0.25, -0.2) is 13.4 Å². The van der Waals surface area contributed by atoms with Gasteiger partial charge in [-0.2, -0.15) is 0 Å². The molecule has 0 radical (unpaired) electrons. The lowest BCUT2D eigenvalue weighted by Gasteiger charge is -2.10. The SMILES string of the molecule is Cc1ccc(S(=O)(=O)Nc2ccc(Br)c(C)n2)cc1CO. The summed E-state index contributed by atoms with van der Waals surface area (Å²) in [6.07, 6.45) is 0. The van der Waals surface area contributed by atoms with Crippen molar-refractivity contribution in [1.82, 2.24) is 4.98 Å². The largest absolute Gasteiger partial charge is 0.392 e. The normalized spacial score (nSPS) is 11.4. The van der Waals surface area contributed by atoms with Gasteiger partial charge in [-0.3, -0.25) is 4.72 Å². The molecule has 0 aliphatic rings. The highest BCUT2D eigenvalue weighted by Gasteiger charge is 2.16. The zero-order chi connectivity index (χ0) is 15.6. The first kappa shape index (κ1) is 15.9. The second kappa shape index (κ2) is 6.13. The van der Waals surface area contributed by atoms with E-state index in [-0.39, 0.29) is 17.3 Å². The number of aliphatic hydroxyl groups is 1. The molecule has 0 saturated heterocycles. The summed E-state index contributed by atoms with van der Waals surface area (Å²) >= 11 is 3.31. The molecule has 0 aliphatic heterocycles. The van der Waals surface area contributed by atoms with Crippen molar-refractivity contribution in [1.29, 1.82) is 0 Å². The van der Waals surface area contributed by atoms with Crippen LogP contribution in [0.3, 0.4) is 0 Å². The van der Waals surface area contributed by atoms with Gasteiger partial charge in [0, 0.05) is 4.47 Å². The van der Waals surface area contributed by atoms with Crippen LogP contribution in [0.15, 0.2) is 39.7 Å². The molecule has 0 aliphatic carbocycles. The number of rotatable bonds is 4. The maximum Gasteiger partial charge on any atom is 0.263 e. The van der Waals surface area contributed by atoms with Gasteiger partial charge in [-0.1, -0.05) is 6.07 Å². The van der Waals surface area contributed by atoms with E-state index in [4.69, 9.17) is 0 Å². The number of hydrogen-bond acceptors (Lipinski definition) is 4. The highest BCUT2D eigenvalue weighted by molar-refractivity contribution is 9.10. The third-order valence-corrected chi connectivity index (χ3v) is 5.25. The van der Waals surface area contributed by atoms with Crippen LogP contribution in [-0.4, -0.2) is 18.5 Å². The number of benzene rings is 1. The number of halogens is 1. The van der Waals surface area contributed by atoms with Crippen molar-refractivity contribution in [3.05, 3.63) is 51.6 Å². The molecule has 112 valence electrons. The maximum absolute atomic E-state index is 12.3. The average Bonchev–Trinajstić information content (AvgIpc) is 2.43. The van der Waals surface area contributed by atoms with Crippen LogP contribution in [0.1, 0.15) is 16.8 Å². The first-order valence-electron chi connectivity index (χ1n) is 6.20. The van der Waals surface area contributed by atoms with Crippen molar-refractivity contribution in [3.8, 4) is 0 Å². The molecule has 0 spiro atoms. The van der Waals surface area contributed by atoms with E-state index in [0.29, 0.717) is 11.3 Å². The molecule has 5 nitrogen and oxygen atoms in total. The van der Waals surface area contributed by atoms with Gasteiger partial charge in [0.05, 0.1) is 17.2 Å². The van der Waals surface area contributed by atoms with Crippen molar-refractivity contribution >= 4 is 31.8 Å². The van der Waals surface area contributed by atoms with E-state index < -0.39 is 10.0 Å². The summed E-state index contributed by atoms with van der Waals surface area (Å²) in [5, 5.41) is 9.23. The molecule has 0 amide bonds. The fraction of sp³-hybridized carbons (Fsp3) is 0.214. The molecule has 2 aromatic rings. The van der Waals surface area contributed by atoms with Crippen LogP contribution < -0.4 is 4.72 Å². The van der Waals surface area contributed by atoms with Gasteiger partial charge >= 0.3 is 0 Å². The number of anilines is 1. The van der Waals surface area contributed by atoms with E-state index in [0.717, 1.165) is 10.0 Å². The van der Waals surface area contributed by atoms with Crippen molar-refractivity contribution in [3.63, 3.8) is 0 Å². The van der Waals surface area contributed by atoms with Crippen LogP contribution in [0.5, 0.6) is 0 Å². The smallest absolute Gasteiger partial charge is 0.263 e. The third-order valence-electron chi connectivity index (χ3n) is 3.06. The Morgan fingerprint density at radius 1 is 1.24 bits per heavy atom. The molecule has 1 aromatic heterocycles. The standard InChI is InChI=1S/C14H15BrN2O3S/c1-9-3-4-12(7-11(9)8-18)21(19,20)17-14-6-5-13(15)10(2)16-14/h3-7,18H,8H2,1-2H3,(H,16,17). The molecule has 1 aromatic carbocycles. The number of sulfonamides is 1. The van der Waals surface area contributed by atoms with Crippen molar-refractivity contribution in [2.24, 2.45) is 0 Å². The van der Waals surface area contributed by atoms with Gasteiger partial charge in [0.1, 0.15) is 5.82 Å². The van der Waals surface area contributed by atoms with Crippen LogP contribution >= 0.6 is 15.9 Å². The number of hydrogen-bond donors (Lipinski definition) is 2. The maximum atomic E-state index is 12.3. The summed E-state index contributed by atoms with van der Waals surface area (Å²) in [4.78, 5) is 4.25. The summed E-state index contributed by atoms with van der Waals surface area (Å²) in [7, 11) is -3.73. The fourth-order valence-electron chi connectivity index (χ4n) is 1.78. The third kappa shape index (κ3) is 3.61. The van der Waals surface area contributed by atoms with Gasteiger partial charge in [0.15, 0.2) is 0 Å². The van der Waals surface area contributed by atoms with Gasteiger partial charge in [-0.15, -0.1) is 0 Å². The summed E-state index contributed by atoms with van der Waals surface area (Å²) in [5.74, 6) is 0.252. The number of aryl methyl sites for hydroxylation is 2. The van der Waals surface area contributed by atoms with E-state index >= 15 is 0 Å². The number of pyridine rings is 1. The topological polar surface area (TPSA) is 79.3 Å². The Morgan fingerprint density at radius 3 is 2.57 bits per heavy atom. The lowest BCUT2D eigenvalue weighted by atomic mass is 10.1. The average molecular weight is 371 g/mol. The van der Waals surface area contributed by atoms with Crippen molar-refractivity contribution < 1.29 is 13.5 Å². The van der Waals surface area contributed by atoms with Crippen LogP contribution in [0.2, 0.25) is 0 Å². The Bertz CT molecular complexity index is 776. The first-order chi connectivity index (χ1) is 9.83. The molecule has 0 atom stereocenters. The molecule has 0 fully saturated rings. The van der Waals surface area contributed by atoms with Gasteiger partial charge in [-0.05, 0) is 65.2 Å². The molecule has 2 N–H and O–H groups in total. The van der Waals surface area contributed by atoms with E-state index in [1.54, 1.807) is 25.1 Å². The Labute approximate surface area is 132 Å². The second-order valence-corrected chi connectivity index (χ2v) is 7.15. The molecule has 0 saturated carbocycles. The zero-order valence-electron chi connectivity index (χ0n) is 11.6. The number of nitrogens with one attached hydrogen (secondary N) is 1. The quantitative estimate of drug-likeness (QED) is 0.866. The Morgan fingerprint density at radius 2 is 1.95 bits per heavy atom. The molecular formula is C14H15BrN2O3S. The van der Waals surface area contributed by atoms with Crippen LogP contribution in [-0.2, 0) is 16.6 Å². The first-order valence-corrected chi connectivity index (χ1v) is 8.47. The molecule has 2 rings (SSSR count). The van der Waals surface area contributed by atoms with E-state index in [2.05, 4.69) is 25.6 Å². The van der Waals surface area contributed by atoms with Crippen molar-refractivity contribution in [2.75, 3.05) is 4.72 Å². The second-order valence-electron chi connectivity index (χ2n) is 4.62. The Balaban J connectivity index is 2.35. The summed E-state index contributed by atoms with van der Waals surface area (Å²) in [6.45, 7) is 3.39. The fourth-order valence-corrected chi connectivity index (χ4v) is 3.06. The highest BCUT2D eigenvalue weighted by atomic mass is 79.9. The summed E-state index contributed by atoms with van der Waals surface area (Å²) in [5.41, 5.74) is 2.11. The number of nitrogens with zero attached hydrogens (tertiary/aromatic N) is 1. The van der Waals surface area contributed by atoms with Gasteiger partial charge < -0.3 is 5.11 Å².